The van der Waals surface area contributed by atoms with Crippen LogP contribution in [0.5, 0.6) is 0 Å². The number of thiophene rings is 1. The summed E-state index contributed by atoms with van der Waals surface area (Å²) in [7, 11) is 0. The van der Waals surface area contributed by atoms with E-state index in [2.05, 4.69) is 10.1 Å². The van der Waals surface area contributed by atoms with Crippen molar-refractivity contribution in [2.24, 2.45) is 0 Å². The maximum Gasteiger partial charge on any atom is 0.378 e. The van der Waals surface area contributed by atoms with E-state index >= 15 is 0 Å². The summed E-state index contributed by atoms with van der Waals surface area (Å²) in [5, 5.41) is 4.35. The molecule has 2 aromatic heterocycles. The fraction of sp³-hybridized carbons (Fsp3) is 0.130. The Hall–Kier alpha value is -3.58. The molecule has 0 spiro atoms. The van der Waals surface area contributed by atoms with Gasteiger partial charge in [0.15, 0.2) is 12.4 Å². The highest BCUT2D eigenvalue weighted by atomic mass is 32.1. The fourth-order valence-corrected chi connectivity index (χ4v) is 4.05. The highest BCUT2D eigenvalue weighted by Crippen LogP contribution is 2.22. The van der Waals surface area contributed by atoms with Gasteiger partial charge in [0, 0.05) is 20.9 Å². The molecule has 0 amide bonds. The molecule has 0 N–H and O–H groups in total. The molecule has 7 heteroatoms. The van der Waals surface area contributed by atoms with Crippen molar-refractivity contribution in [1.82, 2.24) is 14.8 Å². The molecule has 4 aromatic rings. The molecule has 4 rings (SSSR count). The molecule has 0 atom stereocenters. The number of carbonyl (C=O) groups excluding carboxylic acids is 2. The van der Waals surface area contributed by atoms with E-state index in [0.29, 0.717) is 11.4 Å². The smallest absolute Gasteiger partial charge is 0.378 e. The fourth-order valence-electron chi connectivity index (χ4n) is 3.10. The summed E-state index contributed by atoms with van der Waals surface area (Å²) >= 11 is 1.54. The Morgan fingerprint density at radius 3 is 2.30 bits per heavy atom. The van der Waals surface area contributed by atoms with Crippen LogP contribution in [0.15, 0.2) is 66.7 Å². The zero-order valence-corrected chi connectivity index (χ0v) is 17.3. The van der Waals surface area contributed by atoms with Crippen LogP contribution in [0.4, 0.5) is 0 Å². The third-order valence-electron chi connectivity index (χ3n) is 4.50. The zero-order valence-electron chi connectivity index (χ0n) is 16.5. The molecule has 0 aliphatic heterocycles. The highest BCUT2D eigenvalue weighted by Gasteiger charge is 2.21. The molecule has 0 saturated heterocycles. The Labute approximate surface area is 177 Å². The Morgan fingerprint density at radius 2 is 1.67 bits per heavy atom. The van der Waals surface area contributed by atoms with Crippen molar-refractivity contribution in [1.29, 1.82) is 0 Å². The molecular weight excluding hydrogens is 398 g/mol. The summed E-state index contributed by atoms with van der Waals surface area (Å²) in [6, 6.07) is 20.7. The first-order valence-corrected chi connectivity index (χ1v) is 10.2. The minimum absolute atomic E-state index is 0.0938. The van der Waals surface area contributed by atoms with Gasteiger partial charge in [0.1, 0.15) is 0 Å². The Kier molecular flexibility index (Phi) is 5.54. The first-order chi connectivity index (χ1) is 14.5. The molecular formula is C23H19N3O3S. The molecule has 0 aliphatic carbocycles. The molecule has 6 nitrogen and oxygen atoms in total. The number of hydrogen-bond donors (Lipinski definition) is 0. The number of aromatic nitrogens is 3. The van der Waals surface area contributed by atoms with Gasteiger partial charge in [-0.15, -0.1) is 16.4 Å². The molecule has 0 aliphatic rings. The lowest BCUT2D eigenvalue weighted by atomic mass is 10.2. The van der Waals surface area contributed by atoms with Crippen LogP contribution >= 0.6 is 11.3 Å². The Balaban J connectivity index is 1.59. The first-order valence-electron chi connectivity index (χ1n) is 9.38. The average Bonchev–Trinajstić information content (AvgIpc) is 3.36. The predicted octanol–water partition coefficient (Wildman–Crippen LogP) is 4.65. The summed E-state index contributed by atoms with van der Waals surface area (Å²) < 4.78 is 6.82. The zero-order chi connectivity index (χ0) is 21.1. The number of rotatable bonds is 6. The molecule has 0 fully saturated rings. The molecule has 0 saturated carbocycles. The number of Topliss-reactive ketones (excluding diaryl/α,β-unsaturated/α-hetero) is 1. The topological polar surface area (TPSA) is 74.1 Å². The van der Waals surface area contributed by atoms with Crippen LogP contribution in [-0.4, -0.2) is 33.1 Å². The molecule has 0 radical (unpaired) electrons. The maximum atomic E-state index is 12.6. The standard InChI is InChI=1S/C23H19N3O3S/c1-15-13-19(16(2)30-15)20(27)14-29-23(28)21-24-22(17-9-5-3-6-10-17)26(25-21)18-11-7-4-8-12-18/h3-13H,14H2,1-2H3. The van der Waals surface area contributed by atoms with Crippen molar-refractivity contribution in [3.8, 4) is 17.1 Å². The van der Waals surface area contributed by atoms with Gasteiger partial charge in [-0.05, 0) is 32.0 Å². The monoisotopic (exact) mass is 417 g/mol. The van der Waals surface area contributed by atoms with Gasteiger partial charge in [-0.2, -0.15) is 0 Å². The van der Waals surface area contributed by atoms with Crippen LogP contribution in [0.25, 0.3) is 17.1 Å². The van der Waals surface area contributed by atoms with Crippen LogP contribution in [0.1, 0.15) is 30.7 Å². The number of aryl methyl sites for hydroxylation is 2. The summed E-state index contributed by atoms with van der Waals surface area (Å²) in [5.41, 5.74) is 2.16. The number of ketones is 1. The minimum Gasteiger partial charge on any atom is -0.451 e. The average molecular weight is 417 g/mol. The Morgan fingerprint density at radius 1 is 1.00 bits per heavy atom. The van der Waals surface area contributed by atoms with Gasteiger partial charge in [0.05, 0.1) is 5.69 Å². The van der Waals surface area contributed by atoms with E-state index in [9.17, 15) is 9.59 Å². The van der Waals surface area contributed by atoms with Gasteiger partial charge in [-0.3, -0.25) is 4.79 Å². The normalized spacial score (nSPS) is 10.7. The number of ether oxygens (including phenoxy) is 1. The minimum atomic E-state index is -0.736. The summed E-state index contributed by atoms with van der Waals surface area (Å²) in [6.45, 7) is 3.46. The van der Waals surface area contributed by atoms with Gasteiger partial charge in [-0.25, -0.2) is 14.5 Å². The van der Waals surface area contributed by atoms with E-state index in [0.717, 1.165) is 21.0 Å². The van der Waals surface area contributed by atoms with Crippen LogP contribution < -0.4 is 0 Å². The third kappa shape index (κ3) is 4.06. The van der Waals surface area contributed by atoms with Gasteiger partial charge >= 0.3 is 5.97 Å². The van der Waals surface area contributed by atoms with Crippen molar-refractivity contribution in [2.75, 3.05) is 6.61 Å². The summed E-state index contributed by atoms with van der Waals surface area (Å²) in [4.78, 5) is 31.3. The number of para-hydroxylation sites is 1. The van der Waals surface area contributed by atoms with Crippen LogP contribution in [0.3, 0.4) is 0 Å². The predicted molar refractivity (Wildman–Crippen MR) is 115 cm³/mol. The van der Waals surface area contributed by atoms with E-state index < -0.39 is 5.97 Å². The molecule has 0 unspecified atom stereocenters. The first kappa shape index (κ1) is 19.7. The number of hydrogen-bond acceptors (Lipinski definition) is 6. The second kappa shape index (κ2) is 8.42. The van der Waals surface area contributed by atoms with Gasteiger partial charge in [-0.1, -0.05) is 48.5 Å². The van der Waals surface area contributed by atoms with Crippen molar-refractivity contribution in [3.05, 3.63) is 87.9 Å². The van der Waals surface area contributed by atoms with E-state index in [1.807, 2.05) is 80.6 Å². The summed E-state index contributed by atoms with van der Waals surface area (Å²) in [5.74, 6) is -0.552. The molecule has 2 aromatic carbocycles. The van der Waals surface area contributed by atoms with Crippen molar-refractivity contribution < 1.29 is 14.3 Å². The third-order valence-corrected chi connectivity index (χ3v) is 5.46. The maximum absolute atomic E-state index is 12.6. The van der Waals surface area contributed by atoms with Crippen molar-refractivity contribution in [3.63, 3.8) is 0 Å². The molecule has 2 heterocycles. The van der Waals surface area contributed by atoms with Crippen LogP contribution in [0, 0.1) is 13.8 Å². The van der Waals surface area contributed by atoms with E-state index in [1.54, 1.807) is 4.68 Å². The van der Waals surface area contributed by atoms with Crippen molar-refractivity contribution >= 4 is 23.1 Å². The highest BCUT2D eigenvalue weighted by molar-refractivity contribution is 7.12. The number of benzene rings is 2. The molecule has 0 bridgehead atoms. The van der Waals surface area contributed by atoms with Crippen LogP contribution in [-0.2, 0) is 4.74 Å². The largest absolute Gasteiger partial charge is 0.451 e. The number of nitrogens with zero attached hydrogens (tertiary/aromatic N) is 3. The van der Waals surface area contributed by atoms with Gasteiger partial charge < -0.3 is 4.74 Å². The number of esters is 1. The van der Waals surface area contributed by atoms with E-state index in [1.165, 1.54) is 11.3 Å². The molecule has 150 valence electrons. The summed E-state index contributed by atoms with van der Waals surface area (Å²) in [6.07, 6.45) is 0. The van der Waals surface area contributed by atoms with Gasteiger partial charge in [0.2, 0.25) is 5.78 Å². The molecule has 30 heavy (non-hydrogen) atoms. The van der Waals surface area contributed by atoms with Crippen LogP contribution in [0.2, 0.25) is 0 Å². The SMILES string of the molecule is Cc1cc(C(=O)COC(=O)c2nc(-c3ccccc3)n(-c3ccccc3)n2)c(C)s1. The van der Waals surface area contributed by atoms with Gasteiger partial charge in [0.25, 0.3) is 5.82 Å². The lowest BCUT2D eigenvalue weighted by Crippen LogP contribution is -2.15. The van der Waals surface area contributed by atoms with E-state index in [4.69, 9.17) is 4.74 Å². The second-order valence-corrected chi connectivity index (χ2v) is 8.16. The lowest BCUT2D eigenvalue weighted by molar-refractivity contribution is 0.0462. The quantitative estimate of drug-likeness (QED) is 0.337. The van der Waals surface area contributed by atoms with Crippen molar-refractivity contribution in [2.45, 2.75) is 13.8 Å². The lowest BCUT2D eigenvalue weighted by Gasteiger charge is -2.05. The second-order valence-electron chi connectivity index (χ2n) is 6.70. The Bertz CT molecular complexity index is 1140. The van der Waals surface area contributed by atoms with E-state index in [-0.39, 0.29) is 18.2 Å². The number of carbonyl (C=O) groups is 2.